The summed E-state index contributed by atoms with van der Waals surface area (Å²) in [4.78, 5) is 29.3. The lowest BCUT2D eigenvalue weighted by atomic mass is 10.2. The molecule has 0 bridgehead atoms. The van der Waals surface area contributed by atoms with Gasteiger partial charge in [-0.15, -0.1) is 12.6 Å². The van der Waals surface area contributed by atoms with Crippen molar-refractivity contribution in [1.29, 1.82) is 0 Å². The summed E-state index contributed by atoms with van der Waals surface area (Å²) in [6.45, 7) is 6.30. The number of para-hydroxylation sites is 1. The van der Waals surface area contributed by atoms with Crippen LogP contribution in [0, 0.1) is 0 Å². The number of aromatic nitrogens is 2. The van der Waals surface area contributed by atoms with Crippen molar-refractivity contribution >= 4 is 35.1 Å². The number of nitrogens with zero attached hydrogens (tertiary/aromatic N) is 2. The molecular formula is C20H24N4O2S. The topological polar surface area (TPSA) is 76.0 Å². The van der Waals surface area contributed by atoms with Crippen LogP contribution in [-0.2, 0) is 11.3 Å². The van der Waals surface area contributed by atoms with Gasteiger partial charge in [-0.2, -0.15) is 0 Å². The lowest BCUT2D eigenvalue weighted by Gasteiger charge is -2.08. The van der Waals surface area contributed by atoms with Crippen molar-refractivity contribution in [2.45, 2.75) is 25.3 Å². The Bertz CT molecular complexity index is 937. The summed E-state index contributed by atoms with van der Waals surface area (Å²) >= 11 is 4.18. The van der Waals surface area contributed by atoms with Crippen LogP contribution in [0.2, 0.25) is 0 Å². The van der Waals surface area contributed by atoms with Crippen LogP contribution < -0.4 is 16.2 Å². The van der Waals surface area contributed by atoms with Gasteiger partial charge in [0.2, 0.25) is 5.91 Å². The fourth-order valence-electron chi connectivity index (χ4n) is 2.37. The van der Waals surface area contributed by atoms with E-state index in [2.05, 4.69) is 42.1 Å². The molecule has 0 radical (unpaired) electrons. The smallest absolute Gasteiger partial charge is 0.261 e. The van der Waals surface area contributed by atoms with E-state index in [1.165, 1.54) is 10.9 Å². The van der Waals surface area contributed by atoms with Gasteiger partial charge in [-0.3, -0.25) is 14.2 Å². The number of benzene rings is 2. The van der Waals surface area contributed by atoms with E-state index in [9.17, 15) is 9.59 Å². The fourth-order valence-corrected chi connectivity index (χ4v) is 2.52. The number of nitrogens with one attached hydrogen (secondary N) is 2. The highest BCUT2D eigenvalue weighted by Crippen LogP contribution is 2.12. The molecule has 0 unspecified atom stereocenters. The van der Waals surface area contributed by atoms with Crippen molar-refractivity contribution in [2.75, 3.05) is 18.4 Å². The van der Waals surface area contributed by atoms with Crippen molar-refractivity contribution in [2.24, 2.45) is 0 Å². The van der Waals surface area contributed by atoms with Gasteiger partial charge >= 0.3 is 0 Å². The van der Waals surface area contributed by atoms with Crippen LogP contribution in [0.5, 0.6) is 0 Å². The third kappa shape index (κ3) is 6.23. The molecule has 0 aliphatic carbocycles. The minimum atomic E-state index is -0.286. The zero-order chi connectivity index (χ0) is 19.6. The average molecular weight is 385 g/mol. The summed E-state index contributed by atoms with van der Waals surface area (Å²) < 4.78 is 1.30. The Balaban J connectivity index is 0.000000465. The Morgan fingerprint density at radius 3 is 2.37 bits per heavy atom. The first-order chi connectivity index (χ1) is 13.0. The largest absolute Gasteiger partial charge is 0.325 e. The van der Waals surface area contributed by atoms with Crippen LogP contribution >= 0.6 is 12.6 Å². The minimum absolute atomic E-state index is 0.0840. The van der Waals surface area contributed by atoms with Crippen LogP contribution in [0.25, 0.3) is 10.9 Å². The van der Waals surface area contributed by atoms with Crippen molar-refractivity contribution in [1.82, 2.24) is 14.9 Å². The van der Waals surface area contributed by atoms with E-state index in [-0.39, 0.29) is 18.0 Å². The van der Waals surface area contributed by atoms with Gasteiger partial charge in [-0.1, -0.05) is 26.0 Å². The highest BCUT2D eigenvalue weighted by molar-refractivity contribution is 7.80. The molecule has 1 aromatic heterocycles. The highest BCUT2D eigenvalue weighted by Gasteiger charge is 2.08. The van der Waals surface area contributed by atoms with Gasteiger partial charge in [0.15, 0.2) is 0 Å². The SMILES string of the molecule is CCNCC.O=C(Cn1cnc2ccccc2c1=O)Nc1ccc(S)cc1. The first kappa shape index (κ1) is 20.7. The number of amides is 1. The molecule has 0 spiro atoms. The van der Waals surface area contributed by atoms with E-state index in [4.69, 9.17) is 0 Å². The summed E-state index contributed by atoms with van der Waals surface area (Å²) in [6.07, 6.45) is 1.39. The first-order valence-electron chi connectivity index (χ1n) is 8.79. The molecule has 0 fully saturated rings. The second-order valence-electron chi connectivity index (χ2n) is 5.75. The second-order valence-corrected chi connectivity index (χ2v) is 6.26. The van der Waals surface area contributed by atoms with Crippen LogP contribution in [0.1, 0.15) is 13.8 Å². The van der Waals surface area contributed by atoms with Gasteiger partial charge < -0.3 is 10.6 Å². The summed E-state index contributed by atoms with van der Waals surface area (Å²) in [5, 5.41) is 6.34. The number of anilines is 1. The first-order valence-corrected chi connectivity index (χ1v) is 9.23. The van der Waals surface area contributed by atoms with Crippen molar-refractivity contribution in [3.8, 4) is 0 Å². The second kappa shape index (κ2) is 10.5. The molecule has 1 amide bonds. The monoisotopic (exact) mass is 384 g/mol. The normalized spacial score (nSPS) is 10.2. The molecular weight excluding hydrogens is 360 g/mol. The average Bonchev–Trinajstić information content (AvgIpc) is 2.67. The summed E-state index contributed by atoms with van der Waals surface area (Å²) in [7, 11) is 0. The van der Waals surface area contributed by atoms with Gasteiger partial charge in [-0.25, -0.2) is 4.98 Å². The van der Waals surface area contributed by atoms with E-state index in [1.54, 1.807) is 42.5 Å². The number of hydrogen-bond donors (Lipinski definition) is 3. The van der Waals surface area contributed by atoms with E-state index >= 15 is 0 Å². The molecule has 0 aliphatic rings. The molecule has 7 heteroatoms. The Kier molecular flexibility index (Phi) is 8.03. The molecule has 27 heavy (non-hydrogen) atoms. The Hall–Kier alpha value is -2.64. The van der Waals surface area contributed by atoms with E-state index < -0.39 is 0 Å². The maximum atomic E-state index is 12.3. The van der Waals surface area contributed by atoms with Gasteiger partial charge in [-0.05, 0) is 49.5 Å². The summed E-state index contributed by atoms with van der Waals surface area (Å²) in [5.74, 6) is -0.286. The number of thiol groups is 1. The Labute approximate surface area is 164 Å². The predicted molar refractivity (Wildman–Crippen MR) is 113 cm³/mol. The third-order valence-corrected chi connectivity index (χ3v) is 3.99. The highest BCUT2D eigenvalue weighted by atomic mass is 32.1. The number of fused-ring (bicyclic) bond motifs is 1. The van der Waals surface area contributed by atoms with Crippen molar-refractivity contribution in [3.63, 3.8) is 0 Å². The minimum Gasteiger partial charge on any atom is -0.325 e. The van der Waals surface area contributed by atoms with Crippen LogP contribution in [0.4, 0.5) is 5.69 Å². The molecule has 1 heterocycles. The molecule has 0 aliphatic heterocycles. The predicted octanol–water partition coefficient (Wildman–Crippen LogP) is 2.94. The van der Waals surface area contributed by atoms with E-state index in [1.807, 2.05) is 6.07 Å². The number of hydrogen-bond acceptors (Lipinski definition) is 5. The maximum absolute atomic E-state index is 12.3. The summed E-state index contributed by atoms with van der Waals surface area (Å²) in [6, 6.07) is 14.1. The van der Waals surface area contributed by atoms with Crippen LogP contribution in [0.15, 0.2) is 64.5 Å². The van der Waals surface area contributed by atoms with Gasteiger partial charge in [0, 0.05) is 10.6 Å². The molecule has 0 saturated heterocycles. The zero-order valence-electron chi connectivity index (χ0n) is 15.5. The lowest BCUT2D eigenvalue weighted by molar-refractivity contribution is -0.116. The molecule has 0 atom stereocenters. The molecule has 142 valence electrons. The van der Waals surface area contributed by atoms with Gasteiger partial charge in [0.25, 0.3) is 5.56 Å². The fraction of sp³-hybridized carbons (Fsp3) is 0.250. The zero-order valence-corrected chi connectivity index (χ0v) is 16.4. The Morgan fingerprint density at radius 2 is 1.74 bits per heavy atom. The van der Waals surface area contributed by atoms with Crippen LogP contribution in [0.3, 0.4) is 0 Å². The molecule has 3 aromatic rings. The molecule has 2 N–H and O–H groups in total. The quantitative estimate of drug-likeness (QED) is 0.591. The van der Waals surface area contributed by atoms with Gasteiger partial charge in [0.05, 0.1) is 17.2 Å². The van der Waals surface area contributed by atoms with E-state index in [0.717, 1.165) is 18.0 Å². The van der Waals surface area contributed by atoms with Gasteiger partial charge in [0.1, 0.15) is 6.54 Å². The third-order valence-electron chi connectivity index (χ3n) is 3.70. The van der Waals surface area contributed by atoms with Crippen LogP contribution in [-0.4, -0.2) is 28.5 Å². The Morgan fingerprint density at radius 1 is 1.07 bits per heavy atom. The van der Waals surface area contributed by atoms with Crippen molar-refractivity contribution < 1.29 is 4.79 Å². The molecule has 6 nitrogen and oxygen atoms in total. The standard InChI is InChI=1S/C16H13N3O2S.C4H11N/c20-15(18-11-5-7-12(22)8-6-11)9-19-10-17-14-4-2-1-3-13(14)16(19)21;1-3-5-4-2/h1-8,10,22H,9H2,(H,18,20);5H,3-4H2,1-2H3. The molecule has 3 rings (SSSR count). The lowest BCUT2D eigenvalue weighted by Crippen LogP contribution is -2.27. The molecule has 0 saturated carbocycles. The summed E-state index contributed by atoms with van der Waals surface area (Å²) in [5.41, 5.74) is 1.05. The maximum Gasteiger partial charge on any atom is 0.261 e. The molecule has 2 aromatic carbocycles. The number of carbonyl (C=O) groups is 1. The number of carbonyl (C=O) groups excluding carboxylic acids is 1. The number of rotatable bonds is 5. The van der Waals surface area contributed by atoms with Crippen molar-refractivity contribution in [3.05, 3.63) is 65.2 Å². The van der Waals surface area contributed by atoms with E-state index in [0.29, 0.717) is 16.6 Å².